The molecule has 1 heterocycles. The SMILES string of the molecule is CC1COC(=[OH+])C1. The number of carbonyl (C=O) groups excluding carboxylic acids is 1. The molecule has 2 nitrogen and oxygen atoms in total. The molecule has 0 spiro atoms. The van der Waals surface area contributed by atoms with Crippen LogP contribution >= 0.6 is 0 Å². The van der Waals surface area contributed by atoms with Gasteiger partial charge in [0.15, 0.2) is 6.61 Å². The van der Waals surface area contributed by atoms with E-state index in [0.717, 1.165) is 6.42 Å². The maximum absolute atomic E-state index is 8.59. The molecule has 40 valence electrons. The second kappa shape index (κ2) is 1.52. The fourth-order valence-electron chi connectivity index (χ4n) is 0.654. The summed E-state index contributed by atoms with van der Waals surface area (Å²) in [4.78, 5) is 8.59. The highest BCUT2D eigenvalue weighted by Crippen LogP contribution is 2.10. The predicted molar refractivity (Wildman–Crippen MR) is 26.7 cm³/mol. The van der Waals surface area contributed by atoms with Crippen LogP contribution in [0.1, 0.15) is 13.3 Å². The molecule has 0 aromatic carbocycles. The van der Waals surface area contributed by atoms with Gasteiger partial charge in [-0.3, -0.25) is 0 Å². The summed E-state index contributed by atoms with van der Waals surface area (Å²) < 4.78 is 4.74. The number of esters is 1. The van der Waals surface area contributed by atoms with Crippen molar-refractivity contribution in [3.8, 4) is 0 Å². The van der Waals surface area contributed by atoms with Crippen molar-refractivity contribution in [1.82, 2.24) is 0 Å². The molecule has 0 aromatic rings. The summed E-state index contributed by atoms with van der Waals surface area (Å²) in [6.07, 6.45) is 0.722. The molecular formula is C5H9O2+. The zero-order chi connectivity index (χ0) is 5.28. The summed E-state index contributed by atoms with van der Waals surface area (Å²) in [5.41, 5.74) is 0. The average Bonchev–Trinajstić information content (AvgIpc) is 1.87. The van der Waals surface area contributed by atoms with Crippen LogP contribution in [-0.2, 0) is 4.74 Å². The Labute approximate surface area is 42.5 Å². The van der Waals surface area contributed by atoms with E-state index in [9.17, 15) is 0 Å². The number of rotatable bonds is 0. The fraction of sp³-hybridized carbons (Fsp3) is 0.800. The number of hydrogen-bond donors (Lipinski definition) is 0. The zero-order valence-electron chi connectivity index (χ0n) is 4.35. The Morgan fingerprint density at radius 2 is 2.57 bits per heavy atom. The molecule has 0 bridgehead atoms. The molecule has 1 unspecified atom stereocenters. The average molecular weight is 101 g/mol. The zero-order valence-corrected chi connectivity index (χ0v) is 4.35. The number of hydrogen-bond acceptors (Lipinski definition) is 1. The number of ether oxygens (including phenoxy) is 1. The third-order valence-corrected chi connectivity index (χ3v) is 1.06. The quantitative estimate of drug-likeness (QED) is 0.323. The summed E-state index contributed by atoms with van der Waals surface area (Å²) >= 11 is 0. The van der Waals surface area contributed by atoms with E-state index in [1.54, 1.807) is 0 Å². The Kier molecular flexibility index (Phi) is 1.01. The topological polar surface area (TPSA) is 30.6 Å². The molecule has 0 aromatic heterocycles. The lowest BCUT2D eigenvalue weighted by Gasteiger charge is -1.81. The number of cyclic esters (lactones) is 1. The molecule has 0 aliphatic carbocycles. The molecule has 1 aliphatic rings. The van der Waals surface area contributed by atoms with Gasteiger partial charge < -0.3 is 9.53 Å². The van der Waals surface area contributed by atoms with E-state index in [1.165, 1.54) is 0 Å². The van der Waals surface area contributed by atoms with Gasteiger partial charge in [-0.15, -0.1) is 0 Å². The maximum atomic E-state index is 8.59. The van der Waals surface area contributed by atoms with Crippen LogP contribution in [0, 0.1) is 5.92 Å². The summed E-state index contributed by atoms with van der Waals surface area (Å²) in [5, 5.41) is 0. The van der Waals surface area contributed by atoms with E-state index in [0.29, 0.717) is 12.5 Å². The van der Waals surface area contributed by atoms with Gasteiger partial charge >= 0.3 is 5.97 Å². The minimum Gasteiger partial charge on any atom is -0.339 e. The molecule has 1 N–H and O–H groups in total. The Morgan fingerprint density at radius 3 is 2.71 bits per heavy atom. The first-order chi connectivity index (χ1) is 3.29. The molecule has 0 amide bonds. The van der Waals surface area contributed by atoms with Gasteiger partial charge in [0.05, 0.1) is 0 Å². The van der Waals surface area contributed by atoms with Crippen molar-refractivity contribution in [3.63, 3.8) is 0 Å². The Balaban J connectivity index is 2.40. The Bertz CT molecular complexity index is 88.1. The Morgan fingerprint density at radius 1 is 1.86 bits per heavy atom. The normalized spacial score (nSPS) is 30.4. The van der Waals surface area contributed by atoms with Crippen molar-refractivity contribution >= 4 is 5.97 Å². The van der Waals surface area contributed by atoms with Crippen LogP contribution < -0.4 is 0 Å². The smallest absolute Gasteiger partial charge is 0.339 e. The van der Waals surface area contributed by atoms with E-state index >= 15 is 0 Å². The molecular weight excluding hydrogens is 92.1 g/mol. The summed E-state index contributed by atoms with van der Waals surface area (Å²) in [6, 6.07) is 0. The van der Waals surface area contributed by atoms with Crippen LogP contribution in [-0.4, -0.2) is 17.4 Å². The van der Waals surface area contributed by atoms with Gasteiger partial charge in [0, 0.05) is 5.92 Å². The van der Waals surface area contributed by atoms with Crippen LogP contribution in [0.15, 0.2) is 0 Å². The van der Waals surface area contributed by atoms with E-state index in [-0.39, 0.29) is 5.97 Å². The summed E-state index contributed by atoms with van der Waals surface area (Å²) in [6.45, 7) is 2.73. The van der Waals surface area contributed by atoms with Gasteiger partial charge in [0.2, 0.25) is 0 Å². The first-order valence-electron chi connectivity index (χ1n) is 2.46. The third kappa shape index (κ3) is 0.918. The van der Waals surface area contributed by atoms with Crippen molar-refractivity contribution in [1.29, 1.82) is 0 Å². The van der Waals surface area contributed by atoms with Gasteiger partial charge in [-0.1, -0.05) is 6.92 Å². The van der Waals surface area contributed by atoms with E-state index < -0.39 is 0 Å². The van der Waals surface area contributed by atoms with E-state index in [4.69, 9.17) is 9.53 Å². The van der Waals surface area contributed by atoms with Crippen molar-refractivity contribution in [2.24, 2.45) is 5.92 Å². The highest BCUT2D eigenvalue weighted by Gasteiger charge is 2.27. The minimum atomic E-state index is 0.201. The molecule has 1 saturated heterocycles. The van der Waals surface area contributed by atoms with Crippen LogP contribution in [0.2, 0.25) is 0 Å². The van der Waals surface area contributed by atoms with Crippen molar-refractivity contribution in [2.75, 3.05) is 6.61 Å². The minimum absolute atomic E-state index is 0.201. The molecule has 0 saturated carbocycles. The maximum Gasteiger partial charge on any atom is 0.483 e. The Hall–Kier alpha value is -0.530. The van der Waals surface area contributed by atoms with Gasteiger partial charge in [-0.25, -0.2) is 0 Å². The van der Waals surface area contributed by atoms with Crippen LogP contribution in [0.5, 0.6) is 0 Å². The largest absolute Gasteiger partial charge is 0.483 e. The summed E-state index contributed by atoms with van der Waals surface area (Å²) in [7, 11) is 0. The lowest BCUT2D eigenvalue weighted by atomic mass is 10.2. The van der Waals surface area contributed by atoms with E-state index in [2.05, 4.69) is 0 Å². The standard InChI is InChI=1S/C5H8O2/c1-4-2-5(6)7-3-4/h4H,2-3H2,1H3/p+1. The first-order valence-corrected chi connectivity index (χ1v) is 2.46. The van der Waals surface area contributed by atoms with Crippen molar-refractivity contribution in [2.45, 2.75) is 13.3 Å². The van der Waals surface area contributed by atoms with Gasteiger partial charge in [0.1, 0.15) is 6.42 Å². The third-order valence-electron chi connectivity index (χ3n) is 1.06. The monoisotopic (exact) mass is 101 g/mol. The van der Waals surface area contributed by atoms with E-state index in [1.807, 2.05) is 6.92 Å². The van der Waals surface area contributed by atoms with Gasteiger partial charge in [-0.05, 0) is 0 Å². The summed E-state index contributed by atoms with van der Waals surface area (Å²) in [5.74, 6) is 0.715. The first kappa shape index (κ1) is 4.62. The highest BCUT2D eigenvalue weighted by atomic mass is 16.5. The molecule has 0 radical (unpaired) electrons. The second-order valence-electron chi connectivity index (χ2n) is 2.01. The molecule has 1 atom stereocenters. The molecule has 2 heteroatoms. The van der Waals surface area contributed by atoms with Crippen molar-refractivity contribution < 1.29 is 9.53 Å². The lowest BCUT2D eigenvalue weighted by molar-refractivity contribution is 0.287. The van der Waals surface area contributed by atoms with Gasteiger partial charge in [-0.2, -0.15) is 0 Å². The molecule has 1 aliphatic heterocycles. The molecule has 7 heavy (non-hydrogen) atoms. The van der Waals surface area contributed by atoms with Gasteiger partial charge in [0.25, 0.3) is 0 Å². The predicted octanol–water partition coefficient (Wildman–Crippen LogP) is 0.545. The highest BCUT2D eigenvalue weighted by molar-refractivity contribution is 5.72. The lowest BCUT2D eigenvalue weighted by Crippen LogP contribution is -1.89. The fourth-order valence-corrected chi connectivity index (χ4v) is 0.654. The van der Waals surface area contributed by atoms with Crippen LogP contribution in [0.3, 0.4) is 0 Å². The van der Waals surface area contributed by atoms with Crippen molar-refractivity contribution in [3.05, 3.63) is 0 Å². The molecule has 1 rings (SSSR count). The molecule has 1 fully saturated rings. The van der Waals surface area contributed by atoms with Crippen LogP contribution in [0.4, 0.5) is 0 Å². The van der Waals surface area contributed by atoms with Crippen LogP contribution in [0.25, 0.3) is 0 Å². The second-order valence-corrected chi connectivity index (χ2v) is 2.01.